The second-order valence-corrected chi connectivity index (χ2v) is 5.26. The number of hydrogen-bond acceptors (Lipinski definition) is 1. The lowest BCUT2D eigenvalue weighted by Gasteiger charge is -2.17. The first-order valence-electron chi connectivity index (χ1n) is 5.48. The second kappa shape index (κ2) is 5.25. The molecular weight excluding hydrogens is 224 g/mol. The zero-order valence-corrected chi connectivity index (χ0v) is 10.3. The molecule has 0 aliphatic rings. The zero-order valence-electron chi connectivity index (χ0n) is 10.3. The Kier molecular flexibility index (Phi) is 4.21. The van der Waals surface area contributed by atoms with Crippen molar-refractivity contribution in [3.05, 3.63) is 35.4 Å². The fourth-order valence-electron chi connectivity index (χ4n) is 1.39. The Hall–Kier alpha value is -1.45. The van der Waals surface area contributed by atoms with Gasteiger partial charge in [-0.25, -0.2) is 8.78 Å². The molecule has 1 amide bonds. The van der Waals surface area contributed by atoms with Crippen molar-refractivity contribution < 1.29 is 13.6 Å². The van der Waals surface area contributed by atoms with E-state index in [2.05, 4.69) is 5.32 Å². The van der Waals surface area contributed by atoms with Gasteiger partial charge in [0.2, 0.25) is 5.91 Å². The third-order valence-electron chi connectivity index (χ3n) is 2.16. The summed E-state index contributed by atoms with van der Waals surface area (Å²) in [4.78, 5) is 11.5. The van der Waals surface area contributed by atoms with E-state index >= 15 is 0 Å². The molecule has 0 atom stereocenters. The first-order chi connectivity index (χ1) is 7.78. The summed E-state index contributed by atoms with van der Waals surface area (Å²) in [5.41, 5.74) is 0.462. The van der Waals surface area contributed by atoms with Gasteiger partial charge in [-0.05, 0) is 23.1 Å². The van der Waals surface area contributed by atoms with Crippen LogP contribution in [0.5, 0.6) is 0 Å². The molecule has 0 aromatic heterocycles. The van der Waals surface area contributed by atoms with E-state index in [4.69, 9.17) is 0 Å². The Morgan fingerprint density at radius 2 is 1.88 bits per heavy atom. The van der Waals surface area contributed by atoms with Crippen molar-refractivity contribution in [1.29, 1.82) is 0 Å². The highest BCUT2D eigenvalue weighted by Gasteiger charge is 2.15. The van der Waals surface area contributed by atoms with Crippen LogP contribution >= 0.6 is 0 Å². The first kappa shape index (κ1) is 13.6. The minimum Gasteiger partial charge on any atom is -0.352 e. The van der Waals surface area contributed by atoms with Crippen molar-refractivity contribution in [2.24, 2.45) is 5.41 Å². The summed E-state index contributed by atoms with van der Waals surface area (Å²) in [6.07, 6.45) is 0.399. The Labute approximate surface area is 100 Å². The number of nitrogens with one attached hydrogen (secondary N) is 1. The Morgan fingerprint density at radius 1 is 1.24 bits per heavy atom. The normalized spacial score (nSPS) is 11.4. The van der Waals surface area contributed by atoms with E-state index < -0.39 is 11.6 Å². The molecule has 2 nitrogen and oxygen atoms in total. The fourth-order valence-corrected chi connectivity index (χ4v) is 1.39. The van der Waals surface area contributed by atoms with Crippen LogP contribution in [0, 0.1) is 17.0 Å². The molecule has 0 saturated heterocycles. The summed E-state index contributed by atoms with van der Waals surface area (Å²) >= 11 is 0. The largest absolute Gasteiger partial charge is 0.352 e. The molecule has 17 heavy (non-hydrogen) atoms. The van der Waals surface area contributed by atoms with E-state index in [1.807, 2.05) is 20.8 Å². The third kappa shape index (κ3) is 4.93. The number of halogens is 2. The van der Waals surface area contributed by atoms with E-state index in [9.17, 15) is 13.6 Å². The zero-order chi connectivity index (χ0) is 13.1. The number of hydrogen-bond donors (Lipinski definition) is 1. The quantitative estimate of drug-likeness (QED) is 0.866. The monoisotopic (exact) mass is 241 g/mol. The Bertz CT molecular complexity index is 410. The van der Waals surface area contributed by atoms with Crippen LogP contribution in [0.1, 0.15) is 32.8 Å². The predicted octanol–water partition coefficient (Wildman–Crippen LogP) is 3.02. The predicted molar refractivity (Wildman–Crippen MR) is 62.3 cm³/mol. The lowest BCUT2D eigenvalue weighted by molar-refractivity contribution is -0.122. The number of amides is 1. The molecule has 1 N–H and O–H groups in total. The topological polar surface area (TPSA) is 29.1 Å². The standard InChI is InChI=1S/C13H17F2NO/c1-13(2,3)7-12(17)16-8-9-4-5-10(14)11(15)6-9/h4-6H,7-8H2,1-3H3,(H,16,17). The third-order valence-corrected chi connectivity index (χ3v) is 2.16. The highest BCUT2D eigenvalue weighted by atomic mass is 19.2. The van der Waals surface area contributed by atoms with Crippen LogP contribution in [0.2, 0.25) is 0 Å². The average molecular weight is 241 g/mol. The molecular formula is C13H17F2NO. The molecule has 0 aliphatic heterocycles. The molecule has 0 radical (unpaired) electrons. The molecule has 1 aromatic rings. The molecule has 0 fully saturated rings. The van der Waals surface area contributed by atoms with Gasteiger partial charge >= 0.3 is 0 Å². The van der Waals surface area contributed by atoms with Crippen LogP contribution in [-0.2, 0) is 11.3 Å². The van der Waals surface area contributed by atoms with Crippen molar-refractivity contribution >= 4 is 5.91 Å². The smallest absolute Gasteiger partial charge is 0.220 e. The molecule has 1 aromatic carbocycles. The summed E-state index contributed by atoms with van der Waals surface area (Å²) < 4.78 is 25.5. The van der Waals surface area contributed by atoms with E-state index in [0.29, 0.717) is 12.0 Å². The van der Waals surface area contributed by atoms with Gasteiger partial charge in [0.25, 0.3) is 0 Å². The van der Waals surface area contributed by atoms with Gasteiger partial charge in [-0.3, -0.25) is 4.79 Å². The number of rotatable bonds is 3. The van der Waals surface area contributed by atoms with Gasteiger partial charge in [-0.1, -0.05) is 26.8 Å². The minimum atomic E-state index is -0.896. The van der Waals surface area contributed by atoms with Crippen LogP contribution in [0.3, 0.4) is 0 Å². The van der Waals surface area contributed by atoms with Crippen LogP contribution in [0.25, 0.3) is 0 Å². The van der Waals surface area contributed by atoms with Gasteiger partial charge in [-0.15, -0.1) is 0 Å². The highest BCUT2D eigenvalue weighted by Crippen LogP contribution is 2.18. The minimum absolute atomic E-state index is 0.0852. The molecule has 0 heterocycles. The van der Waals surface area contributed by atoms with Crippen molar-refractivity contribution in [3.63, 3.8) is 0 Å². The van der Waals surface area contributed by atoms with E-state index in [1.54, 1.807) is 0 Å². The summed E-state index contributed by atoms with van der Waals surface area (Å²) in [5, 5.41) is 2.67. The molecule has 0 aliphatic carbocycles. The van der Waals surface area contributed by atoms with Crippen LogP contribution in [0.15, 0.2) is 18.2 Å². The van der Waals surface area contributed by atoms with Gasteiger partial charge in [-0.2, -0.15) is 0 Å². The lowest BCUT2D eigenvalue weighted by atomic mass is 9.92. The van der Waals surface area contributed by atoms with E-state index in [1.165, 1.54) is 6.07 Å². The number of benzene rings is 1. The number of carbonyl (C=O) groups excluding carboxylic acids is 1. The molecule has 0 bridgehead atoms. The van der Waals surface area contributed by atoms with Gasteiger partial charge in [0, 0.05) is 13.0 Å². The van der Waals surface area contributed by atoms with Crippen molar-refractivity contribution in [2.45, 2.75) is 33.7 Å². The average Bonchev–Trinajstić information content (AvgIpc) is 2.17. The molecule has 0 unspecified atom stereocenters. The Balaban J connectivity index is 2.50. The Morgan fingerprint density at radius 3 is 2.41 bits per heavy atom. The lowest BCUT2D eigenvalue weighted by Crippen LogP contribution is -2.27. The summed E-state index contributed by atoms with van der Waals surface area (Å²) in [7, 11) is 0. The summed E-state index contributed by atoms with van der Waals surface area (Å²) in [6.45, 7) is 6.10. The first-order valence-corrected chi connectivity index (χ1v) is 5.48. The van der Waals surface area contributed by atoms with Crippen molar-refractivity contribution in [2.75, 3.05) is 0 Å². The highest BCUT2D eigenvalue weighted by molar-refractivity contribution is 5.76. The van der Waals surface area contributed by atoms with Crippen LogP contribution in [0.4, 0.5) is 8.78 Å². The van der Waals surface area contributed by atoms with Crippen molar-refractivity contribution in [3.8, 4) is 0 Å². The summed E-state index contributed by atoms with van der Waals surface area (Å²) in [5.74, 6) is -1.87. The molecule has 0 saturated carbocycles. The molecule has 4 heteroatoms. The van der Waals surface area contributed by atoms with E-state index in [-0.39, 0.29) is 17.9 Å². The van der Waals surface area contributed by atoms with Crippen LogP contribution in [-0.4, -0.2) is 5.91 Å². The van der Waals surface area contributed by atoms with Gasteiger partial charge in [0.05, 0.1) is 0 Å². The SMILES string of the molecule is CC(C)(C)CC(=O)NCc1ccc(F)c(F)c1. The molecule has 1 rings (SSSR count). The second-order valence-electron chi connectivity index (χ2n) is 5.26. The fraction of sp³-hybridized carbons (Fsp3) is 0.462. The maximum atomic E-state index is 12.9. The van der Waals surface area contributed by atoms with Crippen LogP contribution < -0.4 is 5.32 Å². The summed E-state index contributed by atoms with van der Waals surface area (Å²) in [6, 6.07) is 3.60. The number of carbonyl (C=O) groups is 1. The van der Waals surface area contributed by atoms with Gasteiger partial charge in [0.1, 0.15) is 0 Å². The maximum Gasteiger partial charge on any atom is 0.220 e. The van der Waals surface area contributed by atoms with Gasteiger partial charge in [0.15, 0.2) is 11.6 Å². The maximum absolute atomic E-state index is 12.9. The molecule has 94 valence electrons. The van der Waals surface area contributed by atoms with Gasteiger partial charge < -0.3 is 5.32 Å². The van der Waals surface area contributed by atoms with E-state index in [0.717, 1.165) is 12.1 Å². The van der Waals surface area contributed by atoms with Crippen molar-refractivity contribution in [1.82, 2.24) is 5.32 Å². The molecule has 0 spiro atoms.